The average molecular weight is 220 g/mol. The molecule has 4 nitrogen and oxygen atoms in total. The van der Waals surface area contributed by atoms with Gasteiger partial charge in [-0.2, -0.15) is 0 Å². The fourth-order valence-corrected chi connectivity index (χ4v) is 2.28. The van der Waals surface area contributed by atoms with Crippen molar-refractivity contribution in [3.05, 3.63) is 30.1 Å². The van der Waals surface area contributed by atoms with Crippen LogP contribution in [0.25, 0.3) is 0 Å². The summed E-state index contributed by atoms with van der Waals surface area (Å²) in [5, 5.41) is 9.19. The van der Waals surface area contributed by atoms with Crippen LogP contribution in [-0.4, -0.2) is 40.3 Å². The predicted octanol–water partition coefficient (Wildman–Crippen LogP) is 0.936. The molecule has 2 atom stereocenters. The summed E-state index contributed by atoms with van der Waals surface area (Å²) in [4.78, 5) is 6.38. The first-order valence-electron chi connectivity index (χ1n) is 5.80. The Balaban J connectivity index is 1.81. The molecule has 2 fully saturated rings. The van der Waals surface area contributed by atoms with Gasteiger partial charge in [-0.05, 0) is 30.5 Å². The lowest BCUT2D eigenvalue weighted by Gasteiger charge is -2.22. The predicted molar refractivity (Wildman–Crippen MR) is 58.7 cm³/mol. The van der Waals surface area contributed by atoms with Gasteiger partial charge in [-0.1, -0.05) is 0 Å². The zero-order valence-electron chi connectivity index (χ0n) is 9.12. The molecule has 1 saturated carbocycles. The van der Waals surface area contributed by atoms with Crippen molar-refractivity contribution in [1.29, 1.82) is 0 Å². The van der Waals surface area contributed by atoms with Gasteiger partial charge < -0.3 is 9.84 Å². The maximum Gasteiger partial charge on any atom is 0.137 e. The zero-order valence-corrected chi connectivity index (χ0v) is 9.12. The molecule has 1 aromatic rings. The molecule has 4 heteroatoms. The molecule has 0 amide bonds. The molecule has 0 bridgehead atoms. The van der Waals surface area contributed by atoms with E-state index in [0.717, 1.165) is 12.1 Å². The summed E-state index contributed by atoms with van der Waals surface area (Å²) in [6.07, 6.45) is 6.05. The van der Waals surface area contributed by atoms with Crippen LogP contribution in [0, 0.1) is 0 Å². The first-order valence-corrected chi connectivity index (χ1v) is 5.80. The van der Waals surface area contributed by atoms with Crippen LogP contribution in [0.5, 0.6) is 0 Å². The van der Waals surface area contributed by atoms with Crippen molar-refractivity contribution >= 4 is 0 Å². The molecule has 0 aromatic carbocycles. The van der Waals surface area contributed by atoms with Gasteiger partial charge in [-0.25, -0.2) is 0 Å². The van der Waals surface area contributed by atoms with E-state index in [2.05, 4.69) is 9.88 Å². The Morgan fingerprint density at radius 1 is 1.38 bits per heavy atom. The van der Waals surface area contributed by atoms with E-state index in [0.29, 0.717) is 6.04 Å². The van der Waals surface area contributed by atoms with Crippen LogP contribution in [0.3, 0.4) is 0 Å². The van der Waals surface area contributed by atoms with Crippen molar-refractivity contribution in [1.82, 2.24) is 9.88 Å². The summed E-state index contributed by atoms with van der Waals surface area (Å²) in [6, 6.07) is 4.62. The number of aliphatic hydroxyl groups excluding tert-OH is 1. The summed E-state index contributed by atoms with van der Waals surface area (Å²) in [5.74, 6) is 0. The second kappa shape index (κ2) is 4.13. The van der Waals surface area contributed by atoms with E-state index in [1.807, 2.05) is 12.1 Å². The van der Waals surface area contributed by atoms with E-state index in [4.69, 9.17) is 4.74 Å². The number of hydrogen-bond donors (Lipinski definition) is 1. The molecule has 1 aromatic heterocycles. The van der Waals surface area contributed by atoms with E-state index in [1.54, 1.807) is 12.4 Å². The lowest BCUT2D eigenvalue weighted by Crippen LogP contribution is -2.27. The van der Waals surface area contributed by atoms with Crippen LogP contribution in [0.15, 0.2) is 24.5 Å². The van der Waals surface area contributed by atoms with Gasteiger partial charge in [0.25, 0.3) is 0 Å². The Hall–Kier alpha value is -0.970. The number of aliphatic hydroxyl groups is 1. The molecule has 2 aliphatic rings. The molecule has 2 heterocycles. The summed E-state index contributed by atoms with van der Waals surface area (Å²) in [7, 11) is 0. The topological polar surface area (TPSA) is 45.6 Å². The van der Waals surface area contributed by atoms with Crippen molar-refractivity contribution in [3.8, 4) is 0 Å². The van der Waals surface area contributed by atoms with E-state index < -0.39 is 0 Å². The lowest BCUT2D eigenvalue weighted by atomic mass is 10.2. The number of nitrogens with zero attached hydrogens (tertiary/aromatic N) is 2. The Labute approximate surface area is 94.9 Å². The summed E-state index contributed by atoms with van der Waals surface area (Å²) < 4.78 is 5.86. The summed E-state index contributed by atoms with van der Waals surface area (Å²) >= 11 is 0. The monoisotopic (exact) mass is 220 g/mol. The minimum Gasteiger partial charge on any atom is -0.394 e. The highest BCUT2D eigenvalue weighted by Crippen LogP contribution is 2.39. The highest BCUT2D eigenvalue weighted by atomic mass is 16.5. The van der Waals surface area contributed by atoms with Crippen molar-refractivity contribution in [2.75, 3.05) is 13.2 Å². The molecule has 1 aliphatic heterocycles. The molecule has 1 N–H and O–H groups in total. The normalized spacial score (nSPS) is 30.8. The minimum absolute atomic E-state index is 0.00708. The third-order valence-electron chi connectivity index (χ3n) is 3.25. The van der Waals surface area contributed by atoms with Crippen molar-refractivity contribution in [2.45, 2.75) is 31.2 Å². The molecule has 1 aliphatic carbocycles. The molecule has 16 heavy (non-hydrogen) atoms. The first kappa shape index (κ1) is 10.2. The van der Waals surface area contributed by atoms with Crippen molar-refractivity contribution in [3.63, 3.8) is 0 Å². The molecule has 0 spiro atoms. The molecule has 3 rings (SSSR count). The molecule has 86 valence electrons. The Morgan fingerprint density at radius 3 is 2.75 bits per heavy atom. The molecule has 0 radical (unpaired) electrons. The van der Waals surface area contributed by atoms with Gasteiger partial charge >= 0.3 is 0 Å². The summed E-state index contributed by atoms with van der Waals surface area (Å²) in [6.45, 7) is 0.943. The first-order chi connectivity index (χ1) is 7.88. The van der Waals surface area contributed by atoms with Crippen molar-refractivity contribution < 1.29 is 9.84 Å². The van der Waals surface area contributed by atoms with Gasteiger partial charge in [-0.3, -0.25) is 9.88 Å². The molecular formula is C12H16N2O2. The Kier molecular flexibility index (Phi) is 2.63. The molecular weight excluding hydrogens is 204 g/mol. The second-order valence-corrected chi connectivity index (χ2v) is 4.50. The quantitative estimate of drug-likeness (QED) is 0.823. The SMILES string of the molecule is OCC1CN(C2CC2)C(c2ccncc2)O1. The van der Waals surface area contributed by atoms with E-state index in [-0.39, 0.29) is 18.9 Å². The fourth-order valence-electron chi connectivity index (χ4n) is 2.28. The highest BCUT2D eigenvalue weighted by molar-refractivity contribution is 5.15. The Morgan fingerprint density at radius 2 is 2.12 bits per heavy atom. The van der Waals surface area contributed by atoms with Crippen LogP contribution < -0.4 is 0 Å². The van der Waals surface area contributed by atoms with Crippen LogP contribution in [0.4, 0.5) is 0 Å². The molecule has 2 unspecified atom stereocenters. The lowest BCUT2D eigenvalue weighted by molar-refractivity contribution is -0.0216. The number of rotatable bonds is 3. The number of hydrogen-bond acceptors (Lipinski definition) is 4. The third kappa shape index (κ3) is 1.84. The maximum atomic E-state index is 9.19. The standard InChI is InChI=1S/C12H16N2O2/c15-8-11-7-14(10-1-2-10)12(16-11)9-3-5-13-6-4-9/h3-6,10-12,15H,1-2,7-8H2. The van der Waals surface area contributed by atoms with Crippen LogP contribution in [-0.2, 0) is 4.74 Å². The number of ether oxygens (including phenoxy) is 1. The van der Waals surface area contributed by atoms with Gasteiger partial charge in [0.2, 0.25) is 0 Å². The van der Waals surface area contributed by atoms with Gasteiger partial charge in [-0.15, -0.1) is 0 Å². The molecule has 1 saturated heterocycles. The van der Waals surface area contributed by atoms with Gasteiger partial charge in [0.1, 0.15) is 6.23 Å². The third-order valence-corrected chi connectivity index (χ3v) is 3.25. The zero-order chi connectivity index (χ0) is 11.0. The smallest absolute Gasteiger partial charge is 0.137 e. The van der Waals surface area contributed by atoms with Crippen molar-refractivity contribution in [2.24, 2.45) is 0 Å². The fraction of sp³-hybridized carbons (Fsp3) is 0.583. The summed E-state index contributed by atoms with van der Waals surface area (Å²) in [5.41, 5.74) is 1.14. The van der Waals surface area contributed by atoms with Crippen LogP contribution in [0.1, 0.15) is 24.6 Å². The highest BCUT2D eigenvalue weighted by Gasteiger charge is 2.41. The van der Waals surface area contributed by atoms with Crippen LogP contribution in [0.2, 0.25) is 0 Å². The second-order valence-electron chi connectivity index (χ2n) is 4.50. The van der Waals surface area contributed by atoms with Crippen LogP contribution >= 0.6 is 0 Å². The van der Waals surface area contributed by atoms with E-state index >= 15 is 0 Å². The minimum atomic E-state index is -0.0428. The van der Waals surface area contributed by atoms with Gasteiger partial charge in [0.15, 0.2) is 0 Å². The van der Waals surface area contributed by atoms with E-state index in [9.17, 15) is 5.11 Å². The number of aromatic nitrogens is 1. The Bertz CT molecular complexity index is 353. The number of pyridine rings is 1. The average Bonchev–Trinajstić information content (AvgIpc) is 3.10. The van der Waals surface area contributed by atoms with Gasteiger partial charge in [0.05, 0.1) is 12.7 Å². The largest absolute Gasteiger partial charge is 0.394 e. The van der Waals surface area contributed by atoms with Gasteiger partial charge in [0, 0.05) is 25.0 Å². The van der Waals surface area contributed by atoms with E-state index in [1.165, 1.54) is 12.8 Å². The maximum absolute atomic E-state index is 9.19.